The number of benzene rings is 2. The van der Waals surface area contributed by atoms with E-state index in [1.165, 1.54) is 24.9 Å². The maximum Gasteiger partial charge on any atom is 0.191 e. The zero-order valence-corrected chi connectivity index (χ0v) is 19.4. The number of morpholine rings is 1. The fourth-order valence-electron chi connectivity index (χ4n) is 4.70. The van der Waals surface area contributed by atoms with E-state index in [1.54, 1.807) is 0 Å². The number of β-amino-alcohol motifs (C(OH)–C–C–N with tert-alkyl or cyclic N) is 1. The highest BCUT2D eigenvalue weighted by atomic mass is 16.5. The molecule has 2 aromatic carbocycles. The lowest BCUT2D eigenvalue weighted by atomic mass is 9.97. The van der Waals surface area contributed by atoms with Crippen molar-refractivity contribution in [1.82, 2.24) is 4.90 Å². The largest absolute Gasteiger partial charge is 0.389 e. The highest BCUT2D eigenvalue weighted by Gasteiger charge is 2.25. The summed E-state index contributed by atoms with van der Waals surface area (Å²) in [5, 5.41) is 10.6. The summed E-state index contributed by atoms with van der Waals surface area (Å²) < 4.78 is 11.5. The number of carbonyl (C=O) groups is 1. The summed E-state index contributed by atoms with van der Waals surface area (Å²) in [7, 11) is 0. The molecular weight excluding hydrogens is 416 g/mol. The van der Waals surface area contributed by atoms with Gasteiger partial charge in [0.2, 0.25) is 0 Å². The van der Waals surface area contributed by atoms with E-state index in [1.807, 2.05) is 36.4 Å². The standard InChI is InChI=1S/C27H36N2O4/c30-24(20-28-15-17-32-18-16-28)21-33-26(27(31)22-9-3-1-4-10-22)19-23-11-5-6-12-25(23)29-13-7-2-8-14-29/h1,3-6,9-12,24,26,30H,2,7-8,13-21H2. The number of ether oxygens (including phenoxy) is 2. The molecule has 2 atom stereocenters. The quantitative estimate of drug-likeness (QED) is 0.559. The van der Waals surface area contributed by atoms with Crippen LogP contribution in [0.5, 0.6) is 0 Å². The number of hydrogen-bond acceptors (Lipinski definition) is 6. The van der Waals surface area contributed by atoms with Crippen LogP contribution < -0.4 is 4.90 Å². The fourth-order valence-corrected chi connectivity index (χ4v) is 4.70. The molecule has 6 heteroatoms. The van der Waals surface area contributed by atoms with Gasteiger partial charge in [0.05, 0.1) is 25.9 Å². The number of nitrogens with zero attached hydrogens (tertiary/aromatic N) is 2. The number of Topliss-reactive ketones (excluding diaryl/α,β-unsaturated/α-hetero) is 1. The Bertz CT molecular complexity index is 863. The molecule has 178 valence electrons. The SMILES string of the molecule is O=C(c1ccccc1)C(Cc1ccccc1N1CCCCC1)OCC(O)CN1CCOCC1. The molecule has 6 nitrogen and oxygen atoms in total. The van der Waals surface area contributed by atoms with E-state index in [0.29, 0.717) is 31.7 Å². The van der Waals surface area contributed by atoms with Crippen LogP contribution in [0.4, 0.5) is 5.69 Å². The molecule has 0 aromatic heterocycles. The molecule has 2 aliphatic rings. The number of rotatable bonds is 10. The Kier molecular flexibility index (Phi) is 8.89. The molecule has 0 spiro atoms. The maximum atomic E-state index is 13.4. The summed E-state index contributed by atoms with van der Waals surface area (Å²) in [5.41, 5.74) is 2.96. The Morgan fingerprint density at radius 3 is 2.39 bits per heavy atom. The van der Waals surface area contributed by atoms with Gasteiger partial charge < -0.3 is 19.5 Å². The van der Waals surface area contributed by atoms with Crippen LogP contribution in [0.25, 0.3) is 0 Å². The van der Waals surface area contributed by atoms with Gasteiger partial charge in [-0.2, -0.15) is 0 Å². The second kappa shape index (κ2) is 12.3. The Morgan fingerprint density at radius 1 is 0.939 bits per heavy atom. The van der Waals surface area contributed by atoms with Crippen molar-refractivity contribution < 1.29 is 19.4 Å². The number of para-hydroxylation sites is 1. The third-order valence-electron chi connectivity index (χ3n) is 6.51. The summed E-state index contributed by atoms with van der Waals surface area (Å²) in [6, 6.07) is 17.7. The molecule has 2 fully saturated rings. The van der Waals surface area contributed by atoms with E-state index in [9.17, 15) is 9.90 Å². The molecule has 2 unspecified atom stereocenters. The van der Waals surface area contributed by atoms with Crippen molar-refractivity contribution in [3.63, 3.8) is 0 Å². The lowest BCUT2D eigenvalue weighted by molar-refractivity contribution is -0.0295. The van der Waals surface area contributed by atoms with Gasteiger partial charge >= 0.3 is 0 Å². The second-order valence-electron chi connectivity index (χ2n) is 9.00. The van der Waals surface area contributed by atoms with Gasteiger partial charge in [0, 0.05) is 50.4 Å². The monoisotopic (exact) mass is 452 g/mol. The van der Waals surface area contributed by atoms with Crippen LogP contribution >= 0.6 is 0 Å². The summed E-state index contributed by atoms with van der Waals surface area (Å²) in [5.74, 6) is -0.0392. The number of hydrogen-bond donors (Lipinski definition) is 1. The van der Waals surface area contributed by atoms with Gasteiger partial charge in [0.1, 0.15) is 6.10 Å². The van der Waals surface area contributed by atoms with E-state index in [-0.39, 0.29) is 12.4 Å². The molecule has 4 rings (SSSR count). The molecule has 0 saturated carbocycles. The van der Waals surface area contributed by atoms with E-state index in [4.69, 9.17) is 9.47 Å². The highest BCUT2D eigenvalue weighted by molar-refractivity contribution is 5.99. The summed E-state index contributed by atoms with van der Waals surface area (Å²) in [6.07, 6.45) is 2.88. The van der Waals surface area contributed by atoms with Crippen molar-refractivity contribution in [3.05, 3.63) is 65.7 Å². The first kappa shape index (κ1) is 23.9. The lowest BCUT2D eigenvalue weighted by Crippen LogP contribution is -2.43. The number of aliphatic hydroxyl groups excluding tert-OH is 1. The molecule has 2 heterocycles. The van der Waals surface area contributed by atoms with E-state index in [0.717, 1.165) is 31.7 Å². The van der Waals surface area contributed by atoms with Gasteiger partial charge in [0.15, 0.2) is 5.78 Å². The van der Waals surface area contributed by atoms with Gasteiger partial charge in [0.25, 0.3) is 0 Å². The van der Waals surface area contributed by atoms with Crippen molar-refractivity contribution in [2.45, 2.75) is 37.9 Å². The molecule has 2 aromatic rings. The highest BCUT2D eigenvalue weighted by Crippen LogP contribution is 2.26. The van der Waals surface area contributed by atoms with Crippen LogP contribution in [0.1, 0.15) is 35.2 Å². The van der Waals surface area contributed by atoms with Gasteiger partial charge in [-0.3, -0.25) is 9.69 Å². The zero-order chi connectivity index (χ0) is 22.9. The fraction of sp³-hybridized carbons (Fsp3) is 0.519. The van der Waals surface area contributed by atoms with Crippen molar-refractivity contribution in [1.29, 1.82) is 0 Å². The molecule has 0 amide bonds. The van der Waals surface area contributed by atoms with Crippen molar-refractivity contribution in [3.8, 4) is 0 Å². The third kappa shape index (κ3) is 6.87. The topological polar surface area (TPSA) is 62.2 Å². The van der Waals surface area contributed by atoms with Crippen molar-refractivity contribution >= 4 is 11.5 Å². The minimum Gasteiger partial charge on any atom is -0.389 e. The molecule has 0 radical (unpaired) electrons. The number of carbonyl (C=O) groups excluding carboxylic acids is 1. The third-order valence-corrected chi connectivity index (χ3v) is 6.51. The summed E-state index contributed by atoms with van der Waals surface area (Å²) >= 11 is 0. The first-order valence-corrected chi connectivity index (χ1v) is 12.2. The van der Waals surface area contributed by atoms with Crippen LogP contribution in [-0.2, 0) is 15.9 Å². The first-order valence-electron chi connectivity index (χ1n) is 12.2. The lowest BCUT2D eigenvalue weighted by Gasteiger charge is -2.31. The first-order chi connectivity index (χ1) is 16.2. The average molecular weight is 453 g/mol. The number of ketones is 1. The molecule has 0 bridgehead atoms. The normalized spacial score (nSPS) is 19.2. The predicted octanol–water partition coefficient (Wildman–Crippen LogP) is 3.18. The van der Waals surface area contributed by atoms with Crippen LogP contribution in [0.15, 0.2) is 54.6 Å². The minimum absolute atomic E-state index is 0.0392. The van der Waals surface area contributed by atoms with Gasteiger partial charge in [-0.15, -0.1) is 0 Å². The number of aliphatic hydroxyl groups is 1. The number of piperidine rings is 1. The Labute approximate surface area is 197 Å². The van der Waals surface area contributed by atoms with Crippen LogP contribution in [0.2, 0.25) is 0 Å². The molecule has 1 N–H and O–H groups in total. The molecular formula is C27H36N2O4. The Balaban J connectivity index is 1.47. The van der Waals surface area contributed by atoms with Crippen molar-refractivity contribution in [2.24, 2.45) is 0 Å². The van der Waals surface area contributed by atoms with Gasteiger partial charge in [-0.1, -0.05) is 48.5 Å². The van der Waals surface area contributed by atoms with E-state index >= 15 is 0 Å². The zero-order valence-electron chi connectivity index (χ0n) is 19.4. The Morgan fingerprint density at radius 2 is 1.64 bits per heavy atom. The van der Waals surface area contributed by atoms with Crippen LogP contribution in [-0.4, -0.2) is 80.5 Å². The van der Waals surface area contributed by atoms with Crippen LogP contribution in [0.3, 0.4) is 0 Å². The maximum absolute atomic E-state index is 13.4. The molecule has 0 aliphatic carbocycles. The second-order valence-corrected chi connectivity index (χ2v) is 9.00. The van der Waals surface area contributed by atoms with Gasteiger partial charge in [-0.05, 0) is 30.9 Å². The molecule has 2 saturated heterocycles. The van der Waals surface area contributed by atoms with E-state index in [2.05, 4.69) is 28.0 Å². The van der Waals surface area contributed by atoms with E-state index < -0.39 is 12.2 Å². The average Bonchev–Trinajstić information content (AvgIpc) is 2.88. The number of anilines is 1. The molecule has 2 aliphatic heterocycles. The van der Waals surface area contributed by atoms with Gasteiger partial charge in [-0.25, -0.2) is 0 Å². The summed E-state index contributed by atoms with van der Waals surface area (Å²) in [4.78, 5) is 18.0. The van der Waals surface area contributed by atoms with Crippen LogP contribution in [0, 0.1) is 0 Å². The molecule has 33 heavy (non-hydrogen) atoms. The summed E-state index contributed by atoms with van der Waals surface area (Å²) in [6.45, 7) is 5.76. The predicted molar refractivity (Wildman–Crippen MR) is 130 cm³/mol. The van der Waals surface area contributed by atoms with Crippen molar-refractivity contribution in [2.75, 3.05) is 57.4 Å². The minimum atomic E-state index is -0.647. The smallest absolute Gasteiger partial charge is 0.191 e. The Hall–Kier alpha value is -2.25.